The maximum atomic E-state index is 16.3. The Balaban J connectivity index is 1.32. The van der Waals surface area contributed by atoms with Crippen molar-refractivity contribution in [2.24, 2.45) is 0 Å². The van der Waals surface area contributed by atoms with Gasteiger partial charge in [-0.3, -0.25) is 24.1 Å². The number of hydrogen-bond donors (Lipinski definition) is 1. The van der Waals surface area contributed by atoms with E-state index >= 15 is 4.39 Å². The van der Waals surface area contributed by atoms with Crippen LogP contribution in [0.2, 0.25) is 0 Å². The Morgan fingerprint density at radius 1 is 0.837 bits per heavy atom. The van der Waals surface area contributed by atoms with Gasteiger partial charge in [0.1, 0.15) is 16.8 Å². The molecule has 4 heterocycles. The number of hydrogen-bond acceptors (Lipinski definition) is 9. The highest BCUT2D eigenvalue weighted by molar-refractivity contribution is 6.08. The summed E-state index contributed by atoms with van der Waals surface area (Å²) in [6.07, 6.45) is 2.13. The maximum Gasteiger partial charge on any atom is 0.256 e. The van der Waals surface area contributed by atoms with Crippen molar-refractivity contribution >= 4 is 60.7 Å². The fourth-order valence-electron chi connectivity index (χ4n) is 7.36. The lowest BCUT2D eigenvalue weighted by Gasteiger charge is -2.35. The van der Waals surface area contributed by atoms with Crippen molar-refractivity contribution in [3.8, 4) is 0 Å². The molecule has 252 valence electrons. The number of aromatic nitrogens is 1. The molecule has 2 fully saturated rings. The average Bonchev–Trinajstić information content (AvgIpc) is 3.13. The van der Waals surface area contributed by atoms with Gasteiger partial charge in [-0.05, 0) is 37.7 Å². The molecule has 0 radical (unpaired) electrons. The molecule has 0 atom stereocenters. The van der Waals surface area contributed by atoms with Crippen LogP contribution in [-0.2, 0) is 4.74 Å². The van der Waals surface area contributed by atoms with E-state index in [4.69, 9.17) is 9.15 Å². The van der Waals surface area contributed by atoms with Gasteiger partial charge < -0.3 is 28.7 Å². The molecule has 0 unspecified atom stereocenters. The minimum absolute atomic E-state index is 0.0134. The zero-order valence-corrected chi connectivity index (χ0v) is 27.2. The molecule has 0 spiro atoms. The van der Waals surface area contributed by atoms with Crippen LogP contribution in [0.5, 0.6) is 0 Å². The van der Waals surface area contributed by atoms with Crippen LogP contribution in [-0.4, -0.2) is 92.2 Å². The maximum absolute atomic E-state index is 16.3. The molecule has 49 heavy (non-hydrogen) atoms. The molecule has 0 aliphatic carbocycles. The van der Waals surface area contributed by atoms with Crippen molar-refractivity contribution in [2.75, 3.05) is 77.0 Å². The lowest BCUT2D eigenvalue weighted by Crippen LogP contribution is -2.46. The fourth-order valence-corrected chi connectivity index (χ4v) is 7.36. The van der Waals surface area contributed by atoms with E-state index in [1.165, 1.54) is 18.3 Å². The Hall–Kier alpha value is -4.91. The first kappa shape index (κ1) is 31.4. The van der Waals surface area contributed by atoms with Gasteiger partial charge in [0.15, 0.2) is 27.8 Å². The summed E-state index contributed by atoms with van der Waals surface area (Å²) >= 11 is 0. The standard InChI is InChI=1S/C37H36FN5O6/c1-2-40-10-12-42(13-11-40)32-28(38)18-26-31-36(32)49-30-20-25-24(33(44)22-6-3-4-7-23(22)34(25)45)19-29(30)43(31)21-27(35(26)46)37(47)39-8-5-9-41-14-16-48-17-15-41/h3-4,6-7,18-21H,2,5,8-17H2,1H3,(H,39,47). The summed E-state index contributed by atoms with van der Waals surface area (Å²) in [6.45, 7) is 9.65. The van der Waals surface area contributed by atoms with Gasteiger partial charge >= 0.3 is 0 Å². The van der Waals surface area contributed by atoms with Crippen LogP contribution in [0.4, 0.5) is 10.1 Å². The number of likely N-dealkylation sites (N-methyl/N-ethyl adjacent to an activating group) is 1. The quantitative estimate of drug-likeness (QED) is 0.156. The number of piperazine rings is 1. The molecule has 1 N–H and O–H groups in total. The number of pyridine rings is 1. The van der Waals surface area contributed by atoms with Gasteiger partial charge in [0.05, 0.1) is 24.1 Å². The molecule has 0 bridgehead atoms. The third-order valence-electron chi connectivity index (χ3n) is 10.1. The Kier molecular flexibility index (Phi) is 8.01. The van der Waals surface area contributed by atoms with Crippen LogP contribution in [0.3, 0.4) is 0 Å². The number of carbonyl (C=O) groups excluding carboxylic acids is 1. The van der Waals surface area contributed by atoms with Crippen LogP contribution in [0.1, 0.15) is 23.7 Å². The fraction of sp³-hybridized carbons (Fsp3) is 0.351. The molecule has 12 heteroatoms. The average molecular weight is 666 g/mol. The van der Waals surface area contributed by atoms with Crippen molar-refractivity contribution in [3.63, 3.8) is 0 Å². The largest absolute Gasteiger partial charge is 0.451 e. The third-order valence-corrected chi connectivity index (χ3v) is 10.1. The van der Waals surface area contributed by atoms with Crippen molar-refractivity contribution in [3.05, 3.63) is 90.7 Å². The molecule has 2 aliphatic rings. The second kappa shape index (κ2) is 12.5. The number of morpholine rings is 1. The van der Waals surface area contributed by atoms with Crippen molar-refractivity contribution in [2.45, 2.75) is 13.3 Å². The Morgan fingerprint density at radius 2 is 1.53 bits per heavy atom. The van der Waals surface area contributed by atoms with E-state index in [9.17, 15) is 19.2 Å². The van der Waals surface area contributed by atoms with Crippen molar-refractivity contribution in [1.82, 2.24) is 19.5 Å². The highest BCUT2D eigenvalue weighted by atomic mass is 19.1. The topological polar surface area (TPSA) is 117 Å². The number of anilines is 1. The molecule has 2 saturated heterocycles. The molecular weight excluding hydrogens is 629 g/mol. The first-order chi connectivity index (χ1) is 23.8. The number of rotatable bonds is 7. The third kappa shape index (κ3) is 5.31. The van der Waals surface area contributed by atoms with Crippen LogP contribution in [0, 0.1) is 5.82 Å². The first-order valence-electron chi connectivity index (χ1n) is 16.9. The molecule has 11 nitrogen and oxygen atoms in total. The minimum atomic E-state index is -0.638. The van der Waals surface area contributed by atoms with Gasteiger partial charge in [-0.25, -0.2) is 4.39 Å². The minimum Gasteiger partial charge on any atom is -0.451 e. The predicted molar refractivity (Wildman–Crippen MR) is 188 cm³/mol. The van der Waals surface area contributed by atoms with E-state index in [0.717, 1.165) is 39.3 Å². The van der Waals surface area contributed by atoms with Gasteiger partial charge in [-0.1, -0.05) is 31.2 Å². The molecule has 2 aromatic heterocycles. The summed E-state index contributed by atoms with van der Waals surface area (Å²) in [4.78, 5) is 61.3. The lowest BCUT2D eigenvalue weighted by molar-refractivity contribution is 0.0374. The molecule has 6 aromatic rings. The van der Waals surface area contributed by atoms with E-state index in [1.807, 2.05) is 4.90 Å². The van der Waals surface area contributed by atoms with Gasteiger partial charge in [0.25, 0.3) is 5.91 Å². The predicted octanol–water partition coefficient (Wildman–Crippen LogP) is 3.40. The number of fused-ring (bicyclic) bond motifs is 4. The summed E-state index contributed by atoms with van der Waals surface area (Å²) in [6, 6.07) is 10.9. The Morgan fingerprint density at radius 3 is 2.22 bits per heavy atom. The number of ether oxygens (including phenoxy) is 1. The van der Waals surface area contributed by atoms with Gasteiger partial charge in [0, 0.05) is 73.6 Å². The number of amides is 1. The second-order valence-electron chi connectivity index (χ2n) is 12.8. The Labute approximate surface area is 279 Å². The summed E-state index contributed by atoms with van der Waals surface area (Å²) in [5, 5.41) is 3.82. The van der Waals surface area contributed by atoms with Crippen LogP contribution in [0.15, 0.2) is 67.5 Å². The number of nitrogens with one attached hydrogen (secondary N) is 1. The normalized spacial score (nSPS) is 16.5. The first-order valence-corrected chi connectivity index (χ1v) is 16.9. The molecule has 4 aromatic carbocycles. The zero-order chi connectivity index (χ0) is 33.8. The summed E-state index contributed by atoms with van der Waals surface area (Å²) in [5.41, 5.74) is -0.186. The van der Waals surface area contributed by atoms with Crippen LogP contribution < -0.4 is 26.5 Å². The Bertz CT molecular complexity index is 2450. The zero-order valence-electron chi connectivity index (χ0n) is 27.2. The van der Waals surface area contributed by atoms with E-state index in [-0.39, 0.29) is 49.4 Å². The number of carbonyl (C=O) groups is 1. The van der Waals surface area contributed by atoms with E-state index in [2.05, 4.69) is 22.0 Å². The SMILES string of the molecule is CCN1CCN(c2c(F)cc3c(=O)c(C(=O)NCCCN4CCOCC4)cn4c5cc6c(=O)c7ccccc7c(=O)c6cc5oc2c34)CC1. The number of benzene rings is 4. The summed E-state index contributed by atoms with van der Waals surface area (Å²) in [5.74, 6) is -1.22. The summed E-state index contributed by atoms with van der Waals surface area (Å²) < 4.78 is 29.8. The lowest BCUT2D eigenvalue weighted by atomic mass is 10.0. The van der Waals surface area contributed by atoms with Gasteiger partial charge in [-0.15, -0.1) is 0 Å². The molecule has 0 saturated carbocycles. The monoisotopic (exact) mass is 665 g/mol. The van der Waals surface area contributed by atoms with E-state index in [1.54, 1.807) is 34.7 Å². The summed E-state index contributed by atoms with van der Waals surface area (Å²) in [7, 11) is 0. The van der Waals surface area contributed by atoms with Gasteiger partial charge in [-0.2, -0.15) is 0 Å². The molecule has 8 rings (SSSR count). The van der Waals surface area contributed by atoms with Crippen LogP contribution >= 0.6 is 0 Å². The smallest absolute Gasteiger partial charge is 0.256 e. The van der Waals surface area contributed by atoms with Gasteiger partial charge in [0.2, 0.25) is 5.43 Å². The highest BCUT2D eigenvalue weighted by Gasteiger charge is 2.28. The van der Waals surface area contributed by atoms with Crippen molar-refractivity contribution < 1.29 is 18.3 Å². The highest BCUT2D eigenvalue weighted by Crippen LogP contribution is 2.37. The second-order valence-corrected chi connectivity index (χ2v) is 12.8. The van der Waals surface area contributed by atoms with E-state index in [0.29, 0.717) is 61.1 Å². The molecule has 1 amide bonds. The molecule has 2 aliphatic heterocycles. The number of nitrogens with zero attached hydrogens (tertiary/aromatic N) is 4. The van der Waals surface area contributed by atoms with E-state index < -0.39 is 17.2 Å². The van der Waals surface area contributed by atoms with Crippen molar-refractivity contribution in [1.29, 1.82) is 0 Å². The van der Waals surface area contributed by atoms with Crippen LogP contribution in [0.25, 0.3) is 49.1 Å². The number of halogens is 1. The molecular formula is C37H36FN5O6.